The van der Waals surface area contributed by atoms with Crippen LogP contribution in [-0.2, 0) is 17.8 Å². The zero-order valence-corrected chi connectivity index (χ0v) is 22.9. The van der Waals surface area contributed by atoms with Gasteiger partial charge in [-0.3, -0.25) is 19.4 Å². The van der Waals surface area contributed by atoms with Crippen molar-refractivity contribution in [2.24, 2.45) is 5.73 Å². The SMILES string of the molecule is CNC(=O)c1cc(-c2cccnc2[C@H](Cc2cc(F)cc(F)c2)NC(=O)Cn2nc([NH+]=CC=CN)ccc2=O)ccc1F. The summed E-state index contributed by atoms with van der Waals surface area (Å²) in [5.41, 5.74) is 5.87. The van der Waals surface area contributed by atoms with Gasteiger partial charge in [-0.15, -0.1) is 4.68 Å². The fourth-order valence-corrected chi connectivity index (χ4v) is 4.33. The lowest BCUT2D eigenvalue weighted by Gasteiger charge is -2.21. The molecule has 13 heteroatoms. The van der Waals surface area contributed by atoms with Crippen molar-refractivity contribution < 1.29 is 27.8 Å². The van der Waals surface area contributed by atoms with Gasteiger partial charge in [0.15, 0.2) is 0 Å². The molecule has 5 N–H and O–H groups in total. The Morgan fingerprint density at radius 1 is 1.07 bits per heavy atom. The monoisotopic (exact) mass is 590 g/mol. The van der Waals surface area contributed by atoms with E-state index in [1.807, 2.05) is 0 Å². The number of nitrogens with zero attached hydrogens (tertiary/aromatic N) is 3. The van der Waals surface area contributed by atoms with Crippen molar-refractivity contribution in [2.45, 2.75) is 19.0 Å². The topological polar surface area (TPSA) is 146 Å². The fraction of sp³-hybridized carbons (Fsp3) is 0.133. The van der Waals surface area contributed by atoms with Crippen molar-refractivity contribution in [1.82, 2.24) is 25.4 Å². The fourth-order valence-electron chi connectivity index (χ4n) is 4.33. The highest BCUT2D eigenvalue weighted by atomic mass is 19.1. The van der Waals surface area contributed by atoms with Gasteiger partial charge in [-0.05, 0) is 60.2 Å². The summed E-state index contributed by atoms with van der Waals surface area (Å²) in [7, 11) is 1.37. The number of hydrogen-bond acceptors (Lipinski definition) is 6. The van der Waals surface area contributed by atoms with Gasteiger partial charge < -0.3 is 16.4 Å². The van der Waals surface area contributed by atoms with Crippen molar-refractivity contribution in [3.05, 3.63) is 124 Å². The third-order valence-electron chi connectivity index (χ3n) is 6.21. The van der Waals surface area contributed by atoms with Crippen LogP contribution in [0.15, 0.2) is 83.9 Å². The molecule has 2 amide bonds. The third-order valence-corrected chi connectivity index (χ3v) is 6.21. The van der Waals surface area contributed by atoms with Crippen LogP contribution in [0.2, 0.25) is 0 Å². The Kier molecular flexibility index (Phi) is 9.78. The van der Waals surface area contributed by atoms with Crippen molar-refractivity contribution in [1.29, 1.82) is 0 Å². The van der Waals surface area contributed by atoms with Gasteiger partial charge in [-0.2, -0.15) is 0 Å². The summed E-state index contributed by atoms with van der Waals surface area (Å²) >= 11 is 0. The van der Waals surface area contributed by atoms with E-state index in [0.29, 0.717) is 11.1 Å². The average molecular weight is 591 g/mol. The smallest absolute Gasteiger partial charge is 0.346 e. The Labute approximate surface area is 243 Å². The van der Waals surface area contributed by atoms with Gasteiger partial charge >= 0.3 is 5.82 Å². The zero-order valence-electron chi connectivity index (χ0n) is 22.9. The van der Waals surface area contributed by atoms with Gasteiger partial charge in [0.25, 0.3) is 11.5 Å². The molecule has 220 valence electrons. The van der Waals surface area contributed by atoms with Crippen molar-refractivity contribution in [2.75, 3.05) is 7.05 Å². The van der Waals surface area contributed by atoms with Crippen molar-refractivity contribution in [3.8, 4) is 11.1 Å². The van der Waals surface area contributed by atoms with Gasteiger partial charge in [0.05, 0.1) is 28.6 Å². The number of allylic oxidation sites excluding steroid dienone is 1. The van der Waals surface area contributed by atoms with Crippen LogP contribution >= 0.6 is 0 Å². The Morgan fingerprint density at radius 2 is 1.84 bits per heavy atom. The van der Waals surface area contributed by atoms with E-state index in [2.05, 4.69) is 25.7 Å². The van der Waals surface area contributed by atoms with E-state index >= 15 is 0 Å². The predicted octanol–water partition coefficient (Wildman–Crippen LogP) is 1.44. The molecule has 1 atom stereocenters. The number of benzene rings is 2. The quantitative estimate of drug-likeness (QED) is 0.206. The molecule has 43 heavy (non-hydrogen) atoms. The van der Waals surface area contributed by atoms with Gasteiger partial charge in [-0.25, -0.2) is 18.2 Å². The summed E-state index contributed by atoms with van der Waals surface area (Å²) in [6, 6.07) is 11.8. The number of rotatable bonds is 10. The summed E-state index contributed by atoms with van der Waals surface area (Å²) in [4.78, 5) is 45.2. The summed E-state index contributed by atoms with van der Waals surface area (Å²) < 4.78 is 43.5. The van der Waals surface area contributed by atoms with Crippen LogP contribution in [0.4, 0.5) is 19.0 Å². The molecule has 0 spiro atoms. The van der Waals surface area contributed by atoms with Crippen LogP contribution < -0.4 is 26.9 Å². The molecule has 0 saturated heterocycles. The van der Waals surface area contributed by atoms with Gasteiger partial charge in [0, 0.05) is 37.0 Å². The molecule has 0 aliphatic carbocycles. The van der Waals surface area contributed by atoms with Crippen LogP contribution in [-0.4, -0.2) is 39.8 Å². The molecule has 10 nitrogen and oxygen atoms in total. The molecule has 0 unspecified atom stereocenters. The molecule has 0 radical (unpaired) electrons. The summed E-state index contributed by atoms with van der Waals surface area (Å²) in [5.74, 6) is -3.38. The maximum atomic E-state index is 14.4. The highest BCUT2D eigenvalue weighted by Crippen LogP contribution is 2.30. The minimum atomic E-state index is -0.974. The zero-order chi connectivity index (χ0) is 30.9. The number of nitrogens with one attached hydrogen (secondary N) is 3. The second-order valence-corrected chi connectivity index (χ2v) is 9.22. The number of halogens is 3. The molecule has 2 aromatic heterocycles. The van der Waals surface area contributed by atoms with Crippen molar-refractivity contribution in [3.63, 3.8) is 0 Å². The van der Waals surface area contributed by atoms with Crippen LogP contribution in [0.25, 0.3) is 11.1 Å². The average Bonchev–Trinajstić information content (AvgIpc) is 2.98. The third kappa shape index (κ3) is 7.79. The van der Waals surface area contributed by atoms with E-state index in [1.54, 1.807) is 12.1 Å². The van der Waals surface area contributed by atoms with Gasteiger partial charge in [-0.1, -0.05) is 12.1 Å². The first-order valence-corrected chi connectivity index (χ1v) is 12.9. The number of carbonyl (C=O) groups is 2. The van der Waals surface area contributed by atoms with E-state index < -0.39 is 47.4 Å². The lowest BCUT2D eigenvalue weighted by Crippen LogP contribution is -2.62. The van der Waals surface area contributed by atoms with Gasteiger partial charge in [0.1, 0.15) is 24.0 Å². The summed E-state index contributed by atoms with van der Waals surface area (Å²) in [6.07, 6.45) is 5.64. The lowest BCUT2D eigenvalue weighted by atomic mass is 9.94. The molecule has 0 fully saturated rings. The van der Waals surface area contributed by atoms with E-state index in [-0.39, 0.29) is 29.1 Å². The molecule has 0 aliphatic heterocycles. The predicted molar refractivity (Wildman–Crippen MR) is 152 cm³/mol. The van der Waals surface area contributed by atoms with Crippen LogP contribution in [0.5, 0.6) is 0 Å². The number of carbonyl (C=O) groups excluding carboxylic acids is 2. The lowest BCUT2D eigenvalue weighted by molar-refractivity contribution is -0.353. The van der Waals surface area contributed by atoms with E-state index in [1.165, 1.54) is 56.0 Å². The minimum absolute atomic E-state index is 0.0990. The van der Waals surface area contributed by atoms with Crippen LogP contribution in [0.1, 0.15) is 27.7 Å². The first kappa shape index (κ1) is 30.4. The highest BCUT2D eigenvalue weighted by molar-refractivity contribution is 5.95. The van der Waals surface area contributed by atoms with E-state index in [9.17, 15) is 27.6 Å². The highest BCUT2D eigenvalue weighted by Gasteiger charge is 2.24. The summed E-state index contributed by atoms with van der Waals surface area (Å²) in [5, 5.41) is 9.28. The van der Waals surface area contributed by atoms with E-state index in [4.69, 9.17) is 5.73 Å². The molecule has 0 saturated carbocycles. The molecule has 2 aromatic carbocycles. The number of pyridine rings is 1. The Morgan fingerprint density at radius 3 is 2.56 bits per heavy atom. The molecule has 4 aromatic rings. The van der Waals surface area contributed by atoms with Crippen LogP contribution in [0, 0.1) is 17.5 Å². The molecule has 2 heterocycles. The molecule has 0 aliphatic rings. The second kappa shape index (κ2) is 13.9. The number of hydrogen-bond donors (Lipinski definition) is 4. The van der Waals surface area contributed by atoms with Crippen molar-refractivity contribution >= 4 is 23.8 Å². The molecule has 0 bridgehead atoms. The molecular weight excluding hydrogens is 563 g/mol. The largest absolute Gasteiger partial charge is 0.404 e. The Hall–Kier alpha value is -5.59. The number of aromatic nitrogens is 3. The number of amides is 2. The minimum Gasteiger partial charge on any atom is -0.404 e. The van der Waals surface area contributed by atoms with Gasteiger partial charge in [0.2, 0.25) is 5.91 Å². The maximum Gasteiger partial charge on any atom is 0.346 e. The first-order valence-electron chi connectivity index (χ1n) is 12.9. The standard InChI is InChI=1S/C30H26F3N7O3/c1-35-30(43)23-15-19(5-6-24(23)33)22-4-2-10-37-29(22)25(14-18-12-20(31)16-21(32)13-18)38-27(41)17-40-28(42)8-7-26(39-40)36-11-3-9-34/h2-13,15-16,25H,14,17,34H2,1H3,(H,35,43)(H,38,41)/p+1/t25-/m0/s1. The maximum absolute atomic E-state index is 14.4. The molecular formula is C30H27F3N7O3+. The molecule has 4 rings (SSSR count). The Bertz CT molecular complexity index is 1750. The number of nitrogens with two attached hydrogens (primary N) is 1. The first-order chi connectivity index (χ1) is 20.7. The van der Waals surface area contributed by atoms with Crippen LogP contribution in [0.3, 0.4) is 0 Å². The Balaban J connectivity index is 1.73. The summed E-state index contributed by atoms with van der Waals surface area (Å²) in [6.45, 7) is -0.491. The second-order valence-electron chi connectivity index (χ2n) is 9.22. The van der Waals surface area contributed by atoms with E-state index in [0.717, 1.165) is 28.9 Å². The normalized spacial score (nSPS) is 12.0.